The predicted molar refractivity (Wildman–Crippen MR) is 53.0 cm³/mol. The van der Waals surface area contributed by atoms with Crippen LogP contribution in [0.1, 0.15) is 18.4 Å². The number of hydrogen-bond donors (Lipinski definition) is 0. The number of benzene rings is 1. The Morgan fingerprint density at radius 3 is 2.44 bits per heavy atom. The van der Waals surface area contributed by atoms with Crippen molar-refractivity contribution in [1.29, 1.82) is 0 Å². The molecule has 1 amide bonds. The summed E-state index contributed by atoms with van der Waals surface area (Å²) in [5.41, 5.74) is -0.775. The van der Waals surface area contributed by atoms with Gasteiger partial charge in [-0.1, -0.05) is 12.1 Å². The zero-order chi connectivity index (χ0) is 11.8. The molecular formula is C11H10F3NO. The first-order valence-corrected chi connectivity index (χ1v) is 4.97. The minimum Gasteiger partial charge on any atom is -0.312 e. The van der Waals surface area contributed by atoms with Crippen LogP contribution in [0.5, 0.6) is 0 Å². The number of halogens is 3. The third-order valence-electron chi connectivity index (χ3n) is 2.57. The van der Waals surface area contributed by atoms with Gasteiger partial charge in [0.1, 0.15) is 0 Å². The van der Waals surface area contributed by atoms with E-state index in [2.05, 4.69) is 0 Å². The largest absolute Gasteiger partial charge is 0.418 e. The molecule has 0 unspecified atom stereocenters. The number of carbonyl (C=O) groups is 1. The summed E-state index contributed by atoms with van der Waals surface area (Å²) in [5.74, 6) is -0.239. The van der Waals surface area contributed by atoms with Crippen molar-refractivity contribution in [1.82, 2.24) is 0 Å². The van der Waals surface area contributed by atoms with Gasteiger partial charge in [-0.05, 0) is 18.6 Å². The average molecular weight is 229 g/mol. The Kier molecular flexibility index (Phi) is 2.61. The molecule has 0 saturated carbocycles. The van der Waals surface area contributed by atoms with E-state index in [1.54, 1.807) is 0 Å². The molecule has 86 valence electrons. The van der Waals surface area contributed by atoms with Gasteiger partial charge >= 0.3 is 6.18 Å². The molecule has 0 spiro atoms. The van der Waals surface area contributed by atoms with E-state index in [-0.39, 0.29) is 11.6 Å². The van der Waals surface area contributed by atoms with Crippen LogP contribution in [0.2, 0.25) is 0 Å². The molecule has 1 aliphatic rings. The summed E-state index contributed by atoms with van der Waals surface area (Å²) in [6, 6.07) is 5.18. The highest BCUT2D eigenvalue weighted by Crippen LogP contribution is 2.37. The highest BCUT2D eigenvalue weighted by Gasteiger charge is 2.36. The van der Waals surface area contributed by atoms with Crippen LogP contribution in [0, 0.1) is 0 Å². The van der Waals surface area contributed by atoms with Gasteiger partial charge in [-0.25, -0.2) is 0 Å². The van der Waals surface area contributed by atoms with Crippen LogP contribution in [0.15, 0.2) is 24.3 Å². The van der Waals surface area contributed by atoms with Crippen LogP contribution < -0.4 is 4.90 Å². The molecule has 2 rings (SSSR count). The molecule has 0 atom stereocenters. The molecular weight excluding hydrogens is 219 g/mol. The number of alkyl halides is 3. The van der Waals surface area contributed by atoms with Crippen molar-refractivity contribution in [3.63, 3.8) is 0 Å². The fraction of sp³-hybridized carbons (Fsp3) is 0.364. The van der Waals surface area contributed by atoms with Gasteiger partial charge in [0, 0.05) is 13.0 Å². The van der Waals surface area contributed by atoms with Crippen molar-refractivity contribution >= 4 is 11.6 Å². The second-order valence-electron chi connectivity index (χ2n) is 3.66. The predicted octanol–water partition coefficient (Wildman–Crippen LogP) is 2.83. The first-order valence-electron chi connectivity index (χ1n) is 4.97. The van der Waals surface area contributed by atoms with Crippen LogP contribution in [-0.2, 0) is 11.0 Å². The molecule has 0 radical (unpaired) electrons. The van der Waals surface area contributed by atoms with E-state index in [4.69, 9.17) is 0 Å². The first-order chi connectivity index (χ1) is 7.50. The normalized spacial score (nSPS) is 16.9. The lowest BCUT2D eigenvalue weighted by molar-refractivity contribution is -0.137. The van der Waals surface area contributed by atoms with E-state index in [9.17, 15) is 18.0 Å². The van der Waals surface area contributed by atoms with E-state index in [1.165, 1.54) is 23.1 Å². The van der Waals surface area contributed by atoms with Crippen molar-refractivity contribution in [3.05, 3.63) is 29.8 Å². The minimum absolute atomic E-state index is 0.0301. The number of hydrogen-bond acceptors (Lipinski definition) is 1. The molecule has 1 aliphatic heterocycles. The molecule has 2 nitrogen and oxygen atoms in total. The number of rotatable bonds is 1. The molecule has 1 aromatic rings. The Morgan fingerprint density at radius 1 is 1.19 bits per heavy atom. The van der Waals surface area contributed by atoms with Gasteiger partial charge in [0.15, 0.2) is 0 Å². The van der Waals surface area contributed by atoms with Gasteiger partial charge in [0.05, 0.1) is 11.3 Å². The minimum atomic E-state index is -4.42. The van der Waals surface area contributed by atoms with Crippen LogP contribution in [-0.4, -0.2) is 12.5 Å². The number of nitrogens with zero attached hydrogens (tertiary/aromatic N) is 1. The zero-order valence-electron chi connectivity index (χ0n) is 8.42. The van der Waals surface area contributed by atoms with E-state index >= 15 is 0 Å². The molecule has 16 heavy (non-hydrogen) atoms. The third-order valence-corrected chi connectivity index (χ3v) is 2.57. The lowest BCUT2D eigenvalue weighted by Crippen LogP contribution is -2.26. The molecule has 1 heterocycles. The Labute approximate surface area is 90.7 Å². The average Bonchev–Trinajstić information content (AvgIpc) is 2.63. The Balaban J connectivity index is 2.44. The van der Waals surface area contributed by atoms with Crippen LogP contribution in [0.4, 0.5) is 18.9 Å². The van der Waals surface area contributed by atoms with Crippen molar-refractivity contribution in [2.75, 3.05) is 11.4 Å². The molecule has 0 aliphatic carbocycles. The van der Waals surface area contributed by atoms with Gasteiger partial charge in [0.2, 0.25) is 5.91 Å². The third kappa shape index (κ3) is 1.89. The van der Waals surface area contributed by atoms with E-state index in [0.717, 1.165) is 6.07 Å². The van der Waals surface area contributed by atoms with Gasteiger partial charge in [-0.15, -0.1) is 0 Å². The lowest BCUT2D eigenvalue weighted by atomic mass is 10.1. The van der Waals surface area contributed by atoms with E-state index in [0.29, 0.717) is 19.4 Å². The summed E-state index contributed by atoms with van der Waals surface area (Å²) in [7, 11) is 0. The summed E-state index contributed by atoms with van der Waals surface area (Å²) in [6.45, 7) is 0.367. The number of para-hydroxylation sites is 1. The second kappa shape index (κ2) is 3.81. The van der Waals surface area contributed by atoms with Crippen molar-refractivity contribution < 1.29 is 18.0 Å². The molecule has 5 heteroatoms. The Bertz CT molecular complexity index is 414. The lowest BCUT2D eigenvalue weighted by Gasteiger charge is -2.20. The maximum absolute atomic E-state index is 12.7. The summed E-state index contributed by atoms with van der Waals surface area (Å²) in [6.07, 6.45) is -3.48. The first kappa shape index (κ1) is 11.0. The molecule has 1 saturated heterocycles. The highest BCUT2D eigenvalue weighted by atomic mass is 19.4. The topological polar surface area (TPSA) is 20.3 Å². The fourth-order valence-corrected chi connectivity index (χ4v) is 1.85. The maximum Gasteiger partial charge on any atom is 0.418 e. The molecule has 0 aromatic heterocycles. The standard InChI is InChI=1S/C11H10F3NO/c12-11(13,14)8-4-1-2-5-9(8)15-7-3-6-10(15)16/h1-2,4-5H,3,6-7H2. The summed E-state index contributed by atoms with van der Waals surface area (Å²) in [4.78, 5) is 12.6. The molecule has 1 fully saturated rings. The summed E-state index contributed by atoms with van der Waals surface area (Å²) >= 11 is 0. The molecule has 1 aromatic carbocycles. The monoisotopic (exact) mass is 229 g/mol. The fourth-order valence-electron chi connectivity index (χ4n) is 1.85. The molecule has 0 bridgehead atoms. The van der Waals surface area contributed by atoms with Gasteiger partial charge in [-0.3, -0.25) is 4.79 Å². The van der Waals surface area contributed by atoms with Gasteiger partial charge < -0.3 is 4.90 Å². The summed E-state index contributed by atoms with van der Waals surface area (Å²) in [5, 5.41) is 0. The Morgan fingerprint density at radius 2 is 1.88 bits per heavy atom. The Hall–Kier alpha value is -1.52. The van der Waals surface area contributed by atoms with Crippen molar-refractivity contribution in [2.45, 2.75) is 19.0 Å². The zero-order valence-corrected chi connectivity index (χ0v) is 8.42. The maximum atomic E-state index is 12.7. The van der Waals surface area contributed by atoms with Crippen LogP contribution in [0.3, 0.4) is 0 Å². The van der Waals surface area contributed by atoms with Gasteiger partial charge in [-0.2, -0.15) is 13.2 Å². The quantitative estimate of drug-likeness (QED) is 0.725. The number of carbonyl (C=O) groups excluding carboxylic acids is 1. The van der Waals surface area contributed by atoms with Crippen LogP contribution >= 0.6 is 0 Å². The molecule has 0 N–H and O–H groups in total. The second-order valence-corrected chi connectivity index (χ2v) is 3.66. The van der Waals surface area contributed by atoms with Crippen molar-refractivity contribution in [3.8, 4) is 0 Å². The summed E-state index contributed by atoms with van der Waals surface area (Å²) < 4.78 is 38.1. The van der Waals surface area contributed by atoms with E-state index < -0.39 is 11.7 Å². The van der Waals surface area contributed by atoms with Gasteiger partial charge in [0.25, 0.3) is 0 Å². The number of anilines is 1. The smallest absolute Gasteiger partial charge is 0.312 e. The number of amides is 1. The van der Waals surface area contributed by atoms with Crippen LogP contribution in [0.25, 0.3) is 0 Å². The SMILES string of the molecule is O=C1CCCN1c1ccccc1C(F)(F)F. The highest BCUT2D eigenvalue weighted by molar-refractivity contribution is 5.96. The van der Waals surface area contributed by atoms with E-state index in [1.807, 2.05) is 0 Å². The van der Waals surface area contributed by atoms with Crippen molar-refractivity contribution in [2.24, 2.45) is 0 Å².